The van der Waals surface area contributed by atoms with E-state index in [-0.39, 0.29) is 11.3 Å². The quantitative estimate of drug-likeness (QED) is 0.764. The number of carboxylic acid groups (broad SMARTS) is 1. The van der Waals surface area contributed by atoms with E-state index < -0.39 is 5.97 Å². The van der Waals surface area contributed by atoms with Gasteiger partial charge in [0.1, 0.15) is 5.75 Å². The van der Waals surface area contributed by atoms with E-state index in [0.29, 0.717) is 18.3 Å². The summed E-state index contributed by atoms with van der Waals surface area (Å²) in [5.74, 6) is 0.191. The maximum Gasteiger partial charge on any atom is 0.337 e. The molecule has 0 radical (unpaired) electrons. The summed E-state index contributed by atoms with van der Waals surface area (Å²) in [6, 6.07) is 4.76. The Balaban J connectivity index is 2.03. The number of carbonyl (C=O) groups is 1. The fourth-order valence-corrected chi connectivity index (χ4v) is 1.68. The average Bonchev–Trinajstić information content (AvgIpc) is 2.17. The predicted octanol–water partition coefficient (Wildman–Crippen LogP) is 2.15. The van der Waals surface area contributed by atoms with Crippen LogP contribution in [0.4, 0.5) is 5.69 Å². The van der Waals surface area contributed by atoms with Crippen LogP contribution in [-0.4, -0.2) is 17.7 Å². The molecule has 1 aliphatic rings. The minimum absolute atomic E-state index is 0.103. The summed E-state index contributed by atoms with van der Waals surface area (Å²) in [6.45, 7) is 0.670. The topological polar surface area (TPSA) is 72.5 Å². The lowest BCUT2D eigenvalue weighted by Crippen LogP contribution is -2.19. The van der Waals surface area contributed by atoms with Crippen molar-refractivity contribution in [3.8, 4) is 5.75 Å². The molecule has 0 bridgehead atoms. The number of benzene rings is 1. The van der Waals surface area contributed by atoms with E-state index in [9.17, 15) is 4.79 Å². The summed E-state index contributed by atoms with van der Waals surface area (Å²) >= 11 is 0. The van der Waals surface area contributed by atoms with E-state index in [1.165, 1.54) is 25.3 Å². The number of aromatic carboxylic acids is 1. The Morgan fingerprint density at radius 1 is 1.50 bits per heavy atom. The lowest BCUT2D eigenvalue weighted by Gasteiger charge is -2.25. The fourth-order valence-electron chi connectivity index (χ4n) is 1.68. The maximum absolute atomic E-state index is 10.8. The van der Waals surface area contributed by atoms with Gasteiger partial charge in [-0.05, 0) is 37.0 Å². The van der Waals surface area contributed by atoms with Crippen LogP contribution in [0.15, 0.2) is 18.2 Å². The molecule has 0 saturated heterocycles. The molecule has 3 N–H and O–H groups in total. The molecule has 1 aliphatic carbocycles. The minimum atomic E-state index is -1.02. The van der Waals surface area contributed by atoms with Gasteiger partial charge >= 0.3 is 5.97 Å². The van der Waals surface area contributed by atoms with Gasteiger partial charge in [0, 0.05) is 5.69 Å². The third-order valence-electron chi connectivity index (χ3n) is 2.97. The zero-order valence-electron chi connectivity index (χ0n) is 8.98. The van der Waals surface area contributed by atoms with E-state index in [0.717, 1.165) is 0 Å². The molecule has 0 unspecified atom stereocenters. The van der Waals surface area contributed by atoms with Crippen molar-refractivity contribution in [2.45, 2.75) is 19.3 Å². The number of nitrogens with two attached hydrogens (primary N) is 1. The van der Waals surface area contributed by atoms with Crippen LogP contribution in [0.5, 0.6) is 5.75 Å². The van der Waals surface area contributed by atoms with Gasteiger partial charge in [-0.2, -0.15) is 0 Å². The van der Waals surface area contributed by atoms with Gasteiger partial charge in [0.15, 0.2) is 0 Å². The second-order valence-corrected chi connectivity index (χ2v) is 4.16. The molecule has 1 fully saturated rings. The van der Waals surface area contributed by atoms with Crippen LogP contribution in [0.2, 0.25) is 0 Å². The molecule has 0 atom stereocenters. The van der Waals surface area contributed by atoms with Gasteiger partial charge in [-0.25, -0.2) is 4.79 Å². The Bertz CT molecular complexity index is 399. The Hall–Kier alpha value is -1.71. The van der Waals surface area contributed by atoms with Crippen LogP contribution in [0.1, 0.15) is 29.6 Å². The van der Waals surface area contributed by atoms with Crippen molar-refractivity contribution < 1.29 is 14.6 Å². The molecule has 2 rings (SSSR count). The molecule has 0 amide bonds. The van der Waals surface area contributed by atoms with E-state index in [1.807, 2.05) is 0 Å². The number of carboxylic acids is 1. The van der Waals surface area contributed by atoms with Gasteiger partial charge in [-0.3, -0.25) is 0 Å². The Morgan fingerprint density at radius 2 is 2.25 bits per heavy atom. The van der Waals surface area contributed by atoms with Crippen molar-refractivity contribution in [1.29, 1.82) is 0 Å². The number of nitrogen functional groups attached to an aromatic ring is 1. The second-order valence-electron chi connectivity index (χ2n) is 4.16. The Kier molecular flexibility index (Phi) is 2.99. The van der Waals surface area contributed by atoms with Crippen molar-refractivity contribution >= 4 is 11.7 Å². The van der Waals surface area contributed by atoms with Crippen LogP contribution in [0.25, 0.3) is 0 Å². The standard InChI is InChI=1S/C12H15NO3/c13-11-5-4-9(6-10(11)12(14)15)16-7-8-2-1-3-8/h4-6,8H,1-3,7,13H2,(H,14,15). The molecule has 0 aromatic heterocycles. The first kappa shape index (κ1) is 10.8. The first-order valence-corrected chi connectivity index (χ1v) is 5.42. The van der Waals surface area contributed by atoms with Crippen LogP contribution in [0.3, 0.4) is 0 Å². The normalized spacial score (nSPS) is 15.5. The Labute approximate surface area is 94.0 Å². The van der Waals surface area contributed by atoms with Crippen molar-refractivity contribution in [1.82, 2.24) is 0 Å². The SMILES string of the molecule is Nc1ccc(OCC2CCC2)cc1C(=O)O. The lowest BCUT2D eigenvalue weighted by molar-refractivity contribution is 0.0697. The van der Waals surface area contributed by atoms with E-state index in [1.54, 1.807) is 12.1 Å². The molecule has 4 nitrogen and oxygen atoms in total. The summed E-state index contributed by atoms with van der Waals surface area (Å²) in [4.78, 5) is 10.8. The maximum atomic E-state index is 10.8. The summed E-state index contributed by atoms with van der Waals surface area (Å²) in [5.41, 5.74) is 5.92. The van der Waals surface area contributed by atoms with Crippen molar-refractivity contribution in [2.75, 3.05) is 12.3 Å². The number of hydrogen-bond acceptors (Lipinski definition) is 3. The minimum Gasteiger partial charge on any atom is -0.493 e. The molecule has 1 aromatic rings. The van der Waals surface area contributed by atoms with E-state index >= 15 is 0 Å². The summed E-state index contributed by atoms with van der Waals surface area (Å²) in [5, 5.41) is 8.89. The first-order chi connectivity index (χ1) is 7.66. The molecule has 0 aliphatic heterocycles. The average molecular weight is 221 g/mol. The summed E-state index contributed by atoms with van der Waals surface area (Å²) < 4.78 is 5.54. The number of hydrogen-bond donors (Lipinski definition) is 2. The fraction of sp³-hybridized carbons (Fsp3) is 0.417. The predicted molar refractivity (Wildman–Crippen MR) is 60.6 cm³/mol. The number of ether oxygens (including phenoxy) is 1. The molecule has 0 spiro atoms. The molecule has 1 aromatic carbocycles. The highest BCUT2D eigenvalue weighted by Gasteiger charge is 2.18. The van der Waals surface area contributed by atoms with Crippen LogP contribution in [0, 0.1) is 5.92 Å². The summed E-state index contributed by atoms with van der Waals surface area (Å²) in [7, 11) is 0. The zero-order valence-corrected chi connectivity index (χ0v) is 8.98. The van der Waals surface area contributed by atoms with Crippen molar-refractivity contribution in [3.63, 3.8) is 0 Å². The van der Waals surface area contributed by atoms with E-state index in [4.69, 9.17) is 15.6 Å². The third kappa shape index (κ3) is 2.27. The number of anilines is 1. The van der Waals surface area contributed by atoms with Crippen molar-refractivity contribution in [3.05, 3.63) is 23.8 Å². The highest BCUT2D eigenvalue weighted by molar-refractivity contribution is 5.94. The van der Waals surface area contributed by atoms with Gasteiger partial charge in [0.25, 0.3) is 0 Å². The highest BCUT2D eigenvalue weighted by atomic mass is 16.5. The first-order valence-electron chi connectivity index (χ1n) is 5.42. The monoisotopic (exact) mass is 221 g/mol. The molecule has 1 saturated carbocycles. The molecule has 4 heteroatoms. The van der Waals surface area contributed by atoms with Crippen LogP contribution in [-0.2, 0) is 0 Å². The Morgan fingerprint density at radius 3 is 2.81 bits per heavy atom. The van der Waals surface area contributed by atoms with E-state index in [2.05, 4.69) is 0 Å². The van der Waals surface area contributed by atoms with Gasteiger partial charge in [0.2, 0.25) is 0 Å². The van der Waals surface area contributed by atoms with Crippen LogP contribution < -0.4 is 10.5 Å². The molecule has 0 heterocycles. The highest BCUT2D eigenvalue weighted by Crippen LogP contribution is 2.27. The van der Waals surface area contributed by atoms with Crippen LogP contribution >= 0.6 is 0 Å². The van der Waals surface area contributed by atoms with Gasteiger partial charge in [-0.15, -0.1) is 0 Å². The largest absolute Gasteiger partial charge is 0.493 e. The van der Waals surface area contributed by atoms with Gasteiger partial charge in [-0.1, -0.05) is 6.42 Å². The molecular weight excluding hydrogens is 206 g/mol. The smallest absolute Gasteiger partial charge is 0.337 e. The van der Waals surface area contributed by atoms with Crippen molar-refractivity contribution in [2.24, 2.45) is 5.92 Å². The lowest BCUT2D eigenvalue weighted by atomic mass is 9.86. The summed E-state index contributed by atoms with van der Waals surface area (Å²) in [6.07, 6.45) is 3.69. The van der Waals surface area contributed by atoms with Gasteiger partial charge in [0.05, 0.1) is 12.2 Å². The number of rotatable bonds is 4. The molecule has 86 valence electrons. The third-order valence-corrected chi connectivity index (χ3v) is 2.97. The second kappa shape index (κ2) is 4.43. The molecular formula is C12H15NO3. The zero-order chi connectivity index (χ0) is 11.5. The van der Waals surface area contributed by atoms with Gasteiger partial charge < -0.3 is 15.6 Å². The molecule has 16 heavy (non-hydrogen) atoms.